The highest BCUT2D eigenvalue weighted by molar-refractivity contribution is 7.15. The van der Waals surface area contributed by atoms with E-state index in [4.69, 9.17) is 4.42 Å². The number of aromatic nitrogens is 1. The number of carbonyl (C=O) groups is 1. The minimum atomic E-state index is -0.261. The van der Waals surface area contributed by atoms with E-state index >= 15 is 0 Å². The maximum atomic E-state index is 12.2. The molecule has 0 saturated carbocycles. The summed E-state index contributed by atoms with van der Waals surface area (Å²) in [5.74, 6) is 0.0807. The smallest absolute Gasteiger partial charge is 0.293 e. The Kier molecular flexibility index (Phi) is 2.83. The highest BCUT2D eigenvalue weighted by atomic mass is 32.1. The molecule has 19 heavy (non-hydrogen) atoms. The molecule has 0 unspecified atom stereocenters. The number of aryl methyl sites for hydroxylation is 2. The number of anilines is 1. The first kappa shape index (κ1) is 11.9. The Labute approximate surface area is 114 Å². The van der Waals surface area contributed by atoms with Crippen LogP contribution in [0.25, 0.3) is 11.0 Å². The number of benzene rings is 1. The molecule has 0 saturated heterocycles. The van der Waals surface area contributed by atoms with Crippen molar-refractivity contribution in [1.82, 2.24) is 4.98 Å². The monoisotopic (exact) mass is 272 g/mol. The molecule has 4 nitrogen and oxygen atoms in total. The Hall–Kier alpha value is -2.14. The van der Waals surface area contributed by atoms with Gasteiger partial charge in [-0.2, -0.15) is 0 Å². The average Bonchev–Trinajstić information content (AvgIpc) is 2.94. The van der Waals surface area contributed by atoms with Gasteiger partial charge in [0.1, 0.15) is 5.58 Å². The van der Waals surface area contributed by atoms with E-state index in [2.05, 4.69) is 10.3 Å². The van der Waals surface area contributed by atoms with Gasteiger partial charge in [0.05, 0.1) is 0 Å². The van der Waals surface area contributed by atoms with Crippen LogP contribution in [0.2, 0.25) is 0 Å². The van der Waals surface area contributed by atoms with E-state index in [1.54, 1.807) is 6.20 Å². The molecular formula is C14H12N2O2S. The summed E-state index contributed by atoms with van der Waals surface area (Å²) in [5, 5.41) is 4.30. The summed E-state index contributed by atoms with van der Waals surface area (Å²) in [6.45, 7) is 3.83. The number of rotatable bonds is 2. The largest absolute Gasteiger partial charge is 0.451 e. The summed E-state index contributed by atoms with van der Waals surface area (Å²) in [4.78, 5) is 17.3. The Morgan fingerprint density at radius 2 is 2.11 bits per heavy atom. The number of para-hydroxylation sites is 1. The van der Waals surface area contributed by atoms with Crippen molar-refractivity contribution in [1.29, 1.82) is 0 Å². The number of amides is 1. The second kappa shape index (κ2) is 4.51. The van der Waals surface area contributed by atoms with E-state index in [0.29, 0.717) is 10.9 Å². The van der Waals surface area contributed by atoms with Gasteiger partial charge in [-0.25, -0.2) is 4.98 Å². The molecule has 96 valence electrons. The van der Waals surface area contributed by atoms with E-state index in [1.807, 2.05) is 38.1 Å². The fourth-order valence-corrected chi connectivity index (χ4v) is 2.62. The fourth-order valence-electron chi connectivity index (χ4n) is 1.96. The second-order valence-corrected chi connectivity index (χ2v) is 5.52. The standard InChI is InChI=1S/C14H12N2O2S/c1-8-7-15-14(19-8)16-13(17)12-9(2)10-5-3-4-6-11(10)18-12/h3-7H,1-2H3,(H,15,16,17). The highest BCUT2D eigenvalue weighted by Gasteiger charge is 2.18. The van der Waals surface area contributed by atoms with Gasteiger partial charge in [0.15, 0.2) is 10.9 Å². The molecular weight excluding hydrogens is 260 g/mol. The van der Waals surface area contributed by atoms with E-state index in [-0.39, 0.29) is 5.91 Å². The summed E-state index contributed by atoms with van der Waals surface area (Å²) in [5.41, 5.74) is 1.57. The van der Waals surface area contributed by atoms with Gasteiger partial charge in [-0.3, -0.25) is 10.1 Å². The van der Waals surface area contributed by atoms with Crippen molar-refractivity contribution in [3.8, 4) is 0 Å². The normalized spacial score (nSPS) is 10.8. The van der Waals surface area contributed by atoms with Gasteiger partial charge in [0.25, 0.3) is 5.91 Å². The third-order valence-electron chi connectivity index (χ3n) is 2.89. The zero-order valence-corrected chi connectivity index (χ0v) is 11.4. The van der Waals surface area contributed by atoms with Gasteiger partial charge < -0.3 is 4.42 Å². The second-order valence-electron chi connectivity index (χ2n) is 4.28. The molecule has 0 aliphatic heterocycles. The lowest BCUT2D eigenvalue weighted by atomic mass is 10.1. The first-order valence-electron chi connectivity index (χ1n) is 5.87. The van der Waals surface area contributed by atoms with Gasteiger partial charge in [-0.15, -0.1) is 11.3 Å². The molecule has 2 heterocycles. The van der Waals surface area contributed by atoms with Crippen molar-refractivity contribution in [2.24, 2.45) is 0 Å². The maximum Gasteiger partial charge on any atom is 0.293 e. The van der Waals surface area contributed by atoms with Crippen LogP contribution in [0.15, 0.2) is 34.9 Å². The topological polar surface area (TPSA) is 55.1 Å². The van der Waals surface area contributed by atoms with E-state index in [1.165, 1.54) is 11.3 Å². The van der Waals surface area contributed by atoms with Crippen molar-refractivity contribution in [2.45, 2.75) is 13.8 Å². The quantitative estimate of drug-likeness (QED) is 0.772. The first-order valence-corrected chi connectivity index (χ1v) is 6.68. The number of hydrogen-bond acceptors (Lipinski definition) is 4. The van der Waals surface area contributed by atoms with E-state index in [0.717, 1.165) is 21.4 Å². The van der Waals surface area contributed by atoms with Crippen LogP contribution >= 0.6 is 11.3 Å². The third kappa shape index (κ3) is 2.13. The molecule has 3 rings (SSSR count). The average molecular weight is 272 g/mol. The number of nitrogens with one attached hydrogen (secondary N) is 1. The fraction of sp³-hybridized carbons (Fsp3) is 0.143. The van der Waals surface area contributed by atoms with Crippen LogP contribution in [-0.4, -0.2) is 10.9 Å². The number of fused-ring (bicyclic) bond motifs is 1. The summed E-state index contributed by atoms with van der Waals surface area (Å²) < 4.78 is 5.60. The Morgan fingerprint density at radius 1 is 1.32 bits per heavy atom. The maximum absolute atomic E-state index is 12.2. The van der Waals surface area contributed by atoms with Gasteiger partial charge in [0, 0.05) is 22.0 Å². The third-order valence-corrected chi connectivity index (χ3v) is 3.72. The van der Waals surface area contributed by atoms with Crippen LogP contribution < -0.4 is 5.32 Å². The highest BCUT2D eigenvalue weighted by Crippen LogP contribution is 2.26. The Balaban J connectivity index is 1.95. The molecule has 0 aliphatic rings. The molecule has 0 radical (unpaired) electrons. The van der Waals surface area contributed by atoms with Crippen molar-refractivity contribution >= 4 is 33.3 Å². The SMILES string of the molecule is Cc1cnc(NC(=O)c2oc3ccccc3c2C)s1. The molecule has 0 spiro atoms. The summed E-state index contributed by atoms with van der Waals surface area (Å²) in [6.07, 6.45) is 1.73. The summed E-state index contributed by atoms with van der Waals surface area (Å²) in [7, 11) is 0. The number of nitrogens with zero attached hydrogens (tertiary/aromatic N) is 1. The molecule has 0 fully saturated rings. The van der Waals surface area contributed by atoms with E-state index in [9.17, 15) is 4.79 Å². The molecule has 0 bridgehead atoms. The van der Waals surface area contributed by atoms with Gasteiger partial charge in [-0.05, 0) is 19.9 Å². The zero-order chi connectivity index (χ0) is 13.4. The molecule has 2 aromatic heterocycles. The van der Waals surface area contributed by atoms with Gasteiger partial charge in [0.2, 0.25) is 0 Å². The van der Waals surface area contributed by atoms with Crippen LogP contribution in [0.5, 0.6) is 0 Å². The Bertz CT molecular complexity index is 758. The summed E-state index contributed by atoms with van der Waals surface area (Å²) in [6, 6.07) is 7.61. The van der Waals surface area contributed by atoms with Gasteiger partial charge >= 0.3 is 0 Å². The van der Waals surface area contributed by atoms with Crippen molar-refractivity contribution in [3.63, 3.8) is 0 Å². The molecule has 5 heteroatoms. The molecule has 0 atom stereocenters. The lowest BCUT2D eigenvalue weighted by molar-refractivity contribution is 0.0998. The predicted molar refractivity (Wildman–Crippen MR) is 75.8 cm³/mol. The number of hydrogen-bond donors (Lipinski definition) is 1. The molecule has 0 aliphatic carbocycles. The molecule has 1 aromatic carbocycles. The molecule has 1 amide bonds. The number of thiazole rings is 1. The van der Waals surface area contributed by atoms with Gasteiger partial charge in [-0.1, -0.05) is 18.2 Å². The molecule has 1 N–H and O–H groups in total. The zero-order valence-electron chi connectivity index (χ0n) is 10.6. The lowest BCUT2D eigenvalue weighted by Crippen LogP contribution is -2.11. The van der Waals surface area contributed by atoms with Crippen LogP contribution in [0, 0.1) is 13.8 Å². The predicted octanol–water partition coefficient (Wildman–Crippen LogP) is 3.76. The van der Waals surface area contributed by atoms with E-state index < -0.39 is 0 Å². The number of carbonyl (C=O) groups excluding carboxylic acids is 1. The van der Waals surface area contributed by atoms with Crippen LogP contribution in [0.1, 0.15) is 21.0 Å². The number of furan rings is 1. The van der Waals surface area contributed by atoms with Crippen molar-refractivity contribution < 1.29 is 9.21 Å². The Morgan fingerprint density at radius 3 is 2.79 bits per heavy atom. The van der Waals surface area contributed by atoms with Crippen molar-refractivity contribution in [2.75, 3.05) is 5.32 Å². The van der Waals surface area contributed by atoms with Crippen LogP contribution in [0.3, 0.4) is 0 Å². The molecule has 3 aromatic rings. The summed E-state index contributed by atoms with van der Waals surface area (Å²) >= 11 is 1.44. The van der Waals surface area contributed by atoms with Crippen LogP contribution in [0.4, 0.5) is 5.13 Å². The minimum absolute atomic E-state index is 0.261. The first-order chi connectivity index (χ1) is 9.15. The lowest BCUT2D eigenvalue weighted by Gasteiger charge is -1.98. The van der Waals surface area contributed by atoms with Crippen molar-refractivity contribution in [3.05, 3.63) is 46.7 Å². The minimum Gasteiger partial charge on any atom is -0.451 e. The van der Waals surface area contributed by atoms with Crippen LogP contribution in [-0.2, 0) is 0 Å².